The van der Waals surface area contributed by atoms with Gasteiger partial charge in [-0.05, 0) is 40.9 Å². The van der Waals surface area contributed by atoms with Gasteiger partial charge in [-0.25, -0.2) is 4.98 Å². The number of para-hydroxylation sites is 1. The minimum Gasteiger partial charge on any atom is -0.326 e. The molecule has 1 aromatic heterocycles. The third-order valence-corrected chi connectivity index (χ3v) is 4.43. The molecule has 0 aliphatic heterocycles. The summed E-state index contributed by atoms with van der Waals surface area (Å²) in [5.41, 5.74) is 1.67. The highest BCUT2D eigenvalue weighted by molar-refractivity contribution is 9.10. The van der Waals surface area contributed by atoms with Gasteiger partial charge in [0.1, 0.15) is 4.47 Å². The molecule has 0 saturated heterocycles. The van der Waals surface area contributed by atoms with Gasteiger partial charge in [0, 0.05) is 11.6 Å². The van der Waals surface area contributed by atoms with Crippen molar-refractivity contribution in [2.24, 2.45) is 0 Å². The smallest absolute Gasteiger partial charge is 0.266 e. The number of rotatable bonds is 3. The standard InChI is InChI=1S/C15H16BrN3O/c16-12-13(10-6-4-5-7-10)18-15(19-14(12)20)17-11-8-2-1-3-9-11/h1-3,8-10H,4-7H2,(H2,17,18,19,20). The second kappa shape index (κ2) is 5.79. The van der Waals surface area contributed by atoms with E-state index in [1.165, 1.54) is 12.8 Å². The lowest BCUT2D eigenvalue weighted by Crippen LogP contribution is -2.16. The van der Waals surface area contributed by atoms with Gasteiger partial charge in [-0.2, -0.15) is 0 Å². The second-order valence-electron chi connectivity index (χ2n) is 5.09. The molecule has 2 aromatic rings. The van der Waals surface area contributed by atoms with Crippen molar-refractivity contribution in [3.63, 3.8) is 0 Å². The van der Waals surface area contributed by atoms with Crippen molar-refractivity contribution in [1.29, 1.82) is 0 Å². The summed E-state index contributed by atoms with van der Waals surface area (Å²) in [6, 6.07) is 9.72. The zero-order valence-electron chi connectivity index (χ0n) is 11.0. The molecule has 104 valence electrons. The molecule has 0 bridgehead atoms. The highest BCUT2D eigenvalue weighted by atomic mass is 79.9. The van der Waals surface area contributed by atoms with Crippen LogP contribution in [0, 0.1) is 0 Å². The third kappa shape index (κ3) is 2.77. The van der Waals surface area contributed by atoms with Crippen LogP contribution in [0.3, 0.4) is 0 Å². The Morgan fingerprint density at radius 1 is 1.20 bits per heavy atom. The molecule has 0 amide bonds. The highest BCUT2D eigenvalue weighted by Crippen LogP contribution is 2.35. The summed E-state index contributed by atoms with van der Waals surface area (Å²) in [5, 5.41) is 3.15. The van der Waals surface area contributed by atoms with E-state index < -0.39 is 0 Å². The quantitative estimate of drug-likeness (QED) is 0.894. The predicted molar refractivity (Wildman–Crippen MR) is 83.5 cm³/mol. The van der Waals surface area contributed by atoms with E-state index in [1.54, 1.807) is 0 Å². The first-order valence-corrected chi connectivity index (χ1v) is 7.65. The van der Waals surface area contributed by atoms with Crippen LogP contribution < -0.4 is 10.9 Å². The molecular formula is C15H16BrN3O. The van der Waals surface area contributed by atoms with Crippen LogP contribution >= 0.6 is 15.9 Å². The number of halogens is 1. The lowest BCUT2D eigenvalue weighted by atomic mass is 10.0. The molecule has 1 heterocycles. The van der Waals surface area contributed by atoms with Gasteiger partial charge in [-0.1, -0.05) is 31.0 Å². The Labute approximate surface area is 125 Å². The first-order valence-electron chi connectivity index (χ1n) is 6.86. The molecule has 0 radical (unpaired) electrons. The van der Waals surface area contributed by atoms with Crippen LogP contribution in [0.4, 0.5) is 11.6 Å². The fourth-order valence-electron chi connectivity index (χ4n) is 2.66. The van der Waals surface area contributed by atoms with E-state index in [9.17, 15) is 4.79 Å². The molecule has 3 rings (SSSR count). The Hall–Kier alpha value is -1.62. The summed E-state index contributed by atoms with van der Waals surface area (Å²) < 4.78 is 0.572. The van der Waals surface area contributed by atoms with E-state index in [1.807, 2.05) is 30.3 Å². The Morgan fingerprint density at radius 2 is 1.90 bits per heavy atom. The number of nitrogens with one attached hydrogen (secondary N) is 2. The van der Waals surface area contributed by atoms with Crippen LogP contribution in [0.25, 0.3) is 0 Å². The minimum absolute atomic E-state index is 0.125. The maximum Gasteiger partial charge on any atom is 0.266 e. The number of hydrogen-bond donors (Lipinski definition) is 2. The van der Waals surface area contributed by atoms with Gasteiger partial charge < -0.3 is 5.32 Å². The average Bonchev–Trinajstić information content (AvgIpc) is 2.98. The molecule has 2 N–H and O–H groups in total. The van der Waals surface area contributed by atoms with E-state index in [-0.39, 0.29) is 5.56 Å². The van der Waals surface area contributed by atoms with Crippen LogP contribution in [0.2, 0.25) is 0 Å². The minimum atomic E-state index is -0.125. The molecule has 1 aliphatic carbocycles. The zero-order chi connectivity index (χ0) is 13.9. The van der Waals surface area contributed by atoms with Crippen molar-refractivity contribution < 1.29 is 0 Å². The normalized spacial score (nSPS) is 15.4. The molecule has 1 aliphatic rings. The summed E-state index contributed by atoms with van der Waals surface area (Å²) in [5.74, 6) is 0.897. The van der Waals surface area contributed by atoms with Crippen LogP contribution in [0.15, 0.2) is 39.6 Å². The molecule has 1 aromatic carbocycles. The number of anilines is 2. The maximum absolute atomic E-state index is 12.0. The first-order chi connectivity index (χ1) is 9.74. The van der Waals surface area contributed by atoms with Crippen molar-refractivity contribution in [3.8, 4) is 0 Å². The van der Waals surface area contributed by atoms with Gasteiger partial charge in [-0.3, -0.25) is 9.78 Å². The SMILES string of the molecule is O=c1[nH]c(Nc2ccccc2)nc(C2CCCC2)c1Br. The Bertz CT molecular complexity index is 648. The topological polar surface area (TPSA) is 57.8 Å². The molecule has 0 atom stereocenters. The molecule has 0 spiro atoms. The number of H-pyrrole nitrogens is 1. The van der Waals surface area contributed by atoms with Crippen LogP contribution in [-0.2, 0) is 0 Å². The van der Waals surface area contributed by atoms with Crippen molar-refractivity contribution in [1.82, 2.24) is 9.97 Å². The number of hydrogen-bond acceptors (Lipinski definition) is 3. The van der Waals surface area contributed by atoms with Crippen molar-refractivity contribution in [3.05, 3.63) is 50.9 Å². The van der Waals surface area contributed by atoms with E-state index in [0.717, 1.165) is 24.2 Å². The van der Waals surface area contributed by atoms with Gasteiger partial charge in [-0.15, -0.1) is 0 Å². The molecule has 0 unspecified atom stereocenters. The lowest BCUT2D eigenvalue weighted by Gasteiger charge is -2.13. The third-order valence-electron chi connectivity index (χ3n) is 3.67. The number of benzene rings is 1. The van der Waals surface area contributed by atoms with Gasteiger partial charge >= 0.3 is 0 Å². The maximum atomic E-state index is 12.0. The molecule has 20 heavy (non-hydrogen) atoms. The largest absolute Gasteiger partial charge is 0.326 e. The van der Waals surface area contributed by atoms with Gasteiger partial charge in [0.15, 0.2) is 0 Å². The Kier molecular flexibility index (Phi) is 3.87. The molecule has 5 heteroatoms. The summed E-state index contributed by atoms with van der Waals surface area (Å²) in [7, 11) is 0. The van der Waals surface area contributed by atoms with E-state index in [4.69, 9.17) is 0 Å². The molecule has 4 nitrogen and oxygen atoms in total. The zero-order valence-corrected chi connectivity index (χ0v) is 12.6. The average molecular weight is 334 g/mol. The van der Waals surface area contributed by atoms with Crippen molar-refractivity contribution >= 4 is 27.6 Å². The van der Waals surface area contributed by atoms with E-state index in [2.05, 4.69) is 31.2 Å². The monoisotopic (exact) mass is 333 g/mol. The summed E-state index contributed by atoms with van der Waals surface area (Å²) >= 11 is 3.38. The number of nitrogens with zero attached hydrogens (tertiary/aromatic N) is 1. The molecular weight excluding hydrogens is 318 g/mol. The summed E-state index contributed by atoms with van der Waals surface area (Å²) in [6.07, 6.45) is 4.65. The Balaban J connectivity index is 1.94. The number of aromatic nitrogens is 2. The van der Waals surface area contributed by atoms with Gasteiger partial charge in [0.25, 0.3) is 5.56 Å². The molecule has 1 saturated carbocycles. The fraction of sp³-hybridized carbons (Fsp3) is 0.333. The van der Waals surface area contributed by atoms with E-state index >= 15 is 0 Å². The van der Waals surface area contributed by atoms with Crippen LogP contribution in [-0.4, -0.2) is 9.97 Å². The summed E-state index contributed by atoms with van der Waals surface area (Å²) in [6.45, 7) is 0. The lowest BCUT2D eigenvalue weighted by molar-refractivity contribution is 0.688. The number of aromatic amines is 1. The van der Waals surface area contributed by atoms with Crippen LogP contribution in [0.5, 0.6) is 0 Å². The van der Waals surface area contributed by atoms with Crippen molar-refractivity contribution in [2.75, 3.05) is 5.32 Å². The van der Waals surface area contributed by atoms with Crippen LogP contribution in [0.1, 0.15) is 37.3 Å². The van der Waals surface area contributed by atoms with Crippen molar-refractivity contribution in [2.45, 2.75) is 31.6 Å². The van der Waals surface area contributed by atoms with Gasteiger partial charge in [0.05, 0.1) is 5.69 Å². The Morgan fingerprint density at radius 3 is 2.60 bits per heavy atom. The summed E-state index contributed by atoms with van der Waals surface area (Å²) in [4.78, 5) is 19.4. The highest BCUT2D eigenvalue weighted by Gasteiger charge is 2.23. The first kappa shape index (κ1) is 13.4. The van der Waals surface area contributed by atoms with E-state index in [0.29, 0.717) is 16.3 Å². The van der Waals surface area contributed by atoms with Gasteiger partial charge in [0.2, 0.25) is 5.95 Å². The predicted octanol–water partition coefficient (Wildman–Crippen LogP) is 3.93. The fourth-order valence-corrected chi connectivity index (χ4v) is 3.17. The molecule has 1 fully saturated rings. The second-order valence-corrected chi connectivity index (χ2v) is 5.88.